The van der Waals surface area contributed by atoms with Gasteiger partial charge in [-0.05, 0) is 111 Å². The van der Waals surface area contributed by atoms with E-state index in [1.165, 1.54) is 26.4 Å². The number of amides is 4. The highest BCUT2D eigenvalue weighted by Gasteiger charge is 2.51. The zero-order chi connectivity index (χ0) is 27.9. The molecule has 4 aliphatic carbocycles. The van der Waals surface area contributed by atoms with E-state index in [0.717, 1.165) is 72.9 Å². The molecule has 6 aliphatic rings. The standard InChI is InChI=1S/C30H37N3O6S/c1-38-24-12-19(13-25-28(36)33(29(37)40-25)17-27(35)32-7-3-2-4-8-32)5-6-23(24)39-18-26(34)31-30-14-20-9-21(15-30)11-22(10-20)16-30/h5-6,12-13,20-22H,2-4,7-11,14-18H2,1H3,(H,31,34)/b25-13-. The number of benzene rings is 1. The molecule has 1 N–H and O–H groups in total. The molecule has 6 fully saturated rings. The summed E-state index contributed by atoms with van der Waals surface area (Å²) in [4.78, 5) is 54.0. The normalized spacial score (nSPS) is 30.2. The lowest BCUT2D eigenvalue weighted by Crippen LogP contribution is -2.60. The van der Waals surface area contributed by atoms with E-state index in [2.05, 4.69) is 5.32 Å². The number of thioether (sulfide) groups is 1. The first-order chi connectivity index (χ1) is 19.3. The van der Waals surface area contributed by atoms with E-state index in [1.807, 2.05) is 0 Å². The van der Waals surface area contributed by atoms with Crippen molar-refractivity contribution >= 4 is 40.8 Å². The number of carbonyl (C=O) groups is 4. The molecule has 10 heteroatoms. The van der Waals surface area contributed by atoms with Crippen LogP contribution >= 0.6 is 11.8 Å². The minimum absolute atomic E-state index is 0.0650. The van der Waals surface area contributed by atoms with Crippen molar-refractivity contribution in [1.29, 1.82) is 0 Å². The molecule has 4 amide bonds. The third-order valence-electron chi connectivity index (χ3n) is 9.16. The number of methoxy groups -OCH3 is 1. The predicted molar refractivity (Wildman–Crippen MR) is 151 cm³/mol. The molecule has 4 bridgehead atoms. The number of imide groups is 1. The van der Waals surface area contributed by atoms with Gasteiger partial charge in [-0.3, -0.25) is 24.1 Å². The number of hydrogen-bond acceptors (Lipinski definition) is 7. The van der Waals surface area contributed by atoms with Crippen LogP contribution in [0.3, 0.4) is 0 Å². The van der Waals surface area contributed by atoms with Crippen molar-refractivity contribution in [2.75, 3.05) is 33.4 Å². The Kier molecular flexibility index (Phi) is 7.54. The lowest BCUT2D eigenvalue weighted by Gasteiger charge is -2.56. The van der Waals surface area contributed by atoms with E-state index >= 15 is 0 Å². The Hall–Kier alpha value is -3.01. The molecule has 40 heavy (non-hydrogen) atoms. The maximum atomic E-state index is 12.9. The first-order valence-electron chi connectivity index (χ1n) is 14.5. The molecule has 1 aromatic rings. The second kappa shape index (κ2) is 11.1. The maximum Gasteiger partial charge on any atom is 0.294 e. The number of nitrogens with zero attached hydrogens (tertiary/aromatic N) is 2. The second-order valence-corrected chi connectivity index (χ2v) is 13.1. The molecule has 0 radical (unpaired) electrons. The van der Waals surface area contributed by atoms with Crippen LogP contribution < -0.4 is 14.8 Å². The molecule has 2 saturated heterocycles. The monoisotopic (exact) mass is 567 g/mol. The van der Waals surface area contributed by atoms with Gasteiger partial charge in [0.2, 0.25) is 5.91 Å². The minimum Gasteiger partial charge on any atom is -0.493 e. The van der Waals surface area contributed by atoms with Crippen LogP contribution in [0.25, 0.3) is 6.08 Å². The number of hydrogen-bond donors (Lipinski definition) is 1. The van der Waals surface area contributed by atoms with E-state index in [9.17, 15) is 19.2 Å². The molecule has 0 spiro atoms. The first kappa shape index (κ1) is 27.2. The zero-order valence-corrected chi connectivity index (χ0v) is 23.8. The van der Waals surface area contributed by atoms with E-state index in [-0.39, 0.29) is 35.4 Å². The smallest absolute Gasteiger partial charge is 0.294 e. The quantitative estimate of drug-likeness (QED) is 0.469. The van der Waals surface area contributed by atoms with Gasteiger partial charge < -0.3 is 19.7 Å². The van der Waals surface area contributed by atoms with Crippen LogP contribution in [0.1, 0.15) is 63.4 Å². The lowest BCUT2D eigenvalue weighted by atomic mass is 9.53. The summed E-state index contributed by atoms with van der Waals surface area (Å²) in [6.07, 6.45) is 11.8. The van der Waals surface area contributed by atoms with Crippen LogP contribution in [0, 0.1) is 17.8 Å². The number of rotatable bonds is 8. The summed E-state index contributed by atoms with van der Waals surface area (Å²) in [6, 6.07) is 5.16. The van der Waals surface area contributed by atoms with Gasteiger partial charge in [-0.15, -0.1) is 0 Å². The fourth-order valence-electron chi connectivity index (χ4n) is 7.80. The Bertz CT molecular complexity index is 1200. The van der Waals surface area contributed by atoms with Gasteiger partial charge >= 0.3 is 0 Å². The van der Waals surface area contributed by atoms with Crippen LogP contribution in [0.15, 0.2) is 23.1 Å². The van der Waals surface area contributed by atoms with Crippen molar-refractivity contribution in [2.45, 2.75) is 63.3 Å². The molecule has 9 nitrogen and oxygen atoms in total. The molecule has 4 saturated carbocycles. The van der Waals surface area contributed by atoms with Gasteiger partial charge in [-0.25, -0.2) is 0 Å². The van der Waals surface area contributed by atoms with Crippen LogP contribution in [0.4, 0.5) is 4.79 Å². The number of carbonyl (C=O) groups excluding carboxylic acids is 4. The summed E-state index contributed by atoms with van der Waals surface area (Å²) in [5, 5.41) is 2.88. The average Bonchev–Trinajstić information content (AvgIpc) is 3.18. The highest BCUT2D eigenvalue weighted by molar-refractivity contribution is 8.18. The van der Waals surface area contributed by atoms with Gasteiger partial charge in [-0.1, -0.05) is 6.07 Å². The fourth-order valence-corrected chi connectivity index (χ4v) is 8.64. The Balaban J connectivity index is 1.06. The molecule has 0 atom stereocenters. The lowest BCUT2D eigenvalue weighted by molar-refractivity contribution is -0.136. The highest BCUT2D eigenvalue weighted by Crippen LogP contribution is 2.55. The third-order valence-corrected chi connectivity index (χ3v) is 10.1. The van der Waals surface area contributed by atoms with E-state index in [1.54, 1.807) is 29.2 Å². The number of piperidine rings is 1. The van der Waals surface area contributed by atoms with Crippen LogP contribution in [-0.2, 0) is 14.4 Å². The van der Waals surface area contributed by atoms with Crippen LogP contribution in [-0.4, -0.2) is 71.7 Å². The van der Waals surface area contributed by atoms with Crippen molar-refractivity contribution in [2.24, 2.45) is 17.8 Å². The Morgan fingerprint density at radius 3 is 2.35 bits per heavy atom. The first-order valence-corrected chi connectivity index (χ1v) is 15.3. The van der Waals surface area contributed by atoms with Crippen molar-refractivity contribution < 1.29 is 28.7 Å². The molecular formula is C30H37N3O6S. The Morgan fingerprint density at radius 2 is 1.70 bits per heavy atom. The van der Waals surface area contributed by atoms with Gasteiger partial charge in [-0.2, -0.15) is 0 Å². The molecule has 2 heterocycles. The molecule has 1 aromatic carbocycles. The average molecular weight is 568 g/mol. The summed E-state index contributed by atoms with van der Waals surface area (Å²) >= 11 is 0.826. The predicted octanol–water partition coefficient (Wildman–Crippen LogP) is 4.21. The van der Waals surface area contributed by atoms with Crippen LogP contribution in [0.2, 0.25) is 0 Å². The van der Waals surface area contributed by atoms with Crippen LogP contribution in [0.5, 0.6) is 11.5 Å². The molecule has 214 valence electrons. The van der Waals surface area contributed by atoms with Gasteiger partial charge in [0.25, 0.3) is 17.1 Å². The summed E-state index contributed by atoms with van der Waals surface area (Å²) in [5.41, 5.74) is 0.583. The third kappa shape index (κ3) is 5.60. The SMILES string of the molecule is COc1cc(/C=C2\SC(=O)N(CC(=O)N3CCCCC3)C2=O)ccc1OCC(=O)NC12CC3CC(CC(C3)C1)C2. The topological polar surface area (TPSA) is 105 Å². The molecular weight excluding hydrogens is 530 g/mol. The molecule has 7 rings (SSSR count). The molecule has 0 aromatic heterocycles. The molecule has 2 aliphatic heterocycles. The van der Waals surface area contributed by atoms with Gasteiger partial charge in [0, 0.05) is 18.6 Å². The second-order valence-electron chi connectivity index (χ2n) is 12.2. The zero-order valence-electron chi connectivity index (χ0n) is 23.0. The summed E-state index contributed by atoms with van der Waals surface area (Å²) in [6.45, 7) is 1.01. The van der Waals surface area contributed by atoms with Crippen molar-refractivity contribution in [3.63, 3.8) is 0 Å². The van der Waals surface area contributed by atoms with Gasteiger partial charge in [0.1, 0.15) is 6.54 Å². The molecule has 0 unspecified atom stereocenters. The minimum atomic E-state index is -0.471. The largest absolute Gasteiger partial charge is 0.493 e. The van der Waals surface area contributed by atoms with Gasteiger partial charge in [0.05, 0.1) is 12.0 Å². The number of likely N-dealkylation sites (tertiary alicyclic amines) is 1. The summed E-state index contributed by atoms with van der Waals surface area (Å²) in [5.74, 6) is 2.32. The maximum absolute atomic E-state index is 12.9. The van der Waals surface area contributed by atoms with E-state index in [4.69, 9.17) is 9.47 Å². The van der Waals surface area contributed by atoms with E-state index < -0.39 is 11.1 Å². The Morgan fingerprint density at radius 1 is 1.02 bits per heavy atom. The van der Waals surface area contributed by atoms with Crippen molar-refractivity contribution in [3.8, 4) is 11.5 Å². The van der Waals surface area contributed by atoms with Crippen molar-refractivity contribution in [1.82, 2.24) is 15.1 Å². The number of ether oxygens (including phenoxy) is 2. The summed E-state index contributed by atoms with van der Waals surface area (Å²) < 4.78 is 11.4. The Labute approximate surface area is 239 Å². The summed E-state index contributed by atoms with van der Waals surface area (Å²) in [7, 11) is 1.52. The van der Waals surface area contributed by atoms with Gasteiger partial charge in [0.15, 0.2) is 18.1 Å². The van der Waals surface area contributed by atoms with Crippen molar-refractivity contribution in [3.05, 3.63) is 28.7 Å². The van der Waals surface area contributed by atoms with E-state index in [0.29, 0.717) is 30.2 Å². The fraction of sp³-hybridized carbons (Fsp3) is 0.600. The highest BCUT2D eigenvalue weighted by atomic mass is 32.2. The number of nitrogens with one attached hydrogen (secondary N) is 1.